The lowest BCUT2D eigenvalue weighted by atomic mass is 10.1. The number of piperidine rings is 1. The molecule has 1 aromatic carbocycles. The average Bonchev–Trinajstić information content (AvgIpc) is 2.64. The molecule has 0 bridgehead atoms. The molecule has 1 unspecified atom stereocenters. The van der Waals surface area contributed by atoms with Crippen LogP contribution in [0, 0.1) is 5.82 Å². The van der Waals surface area contributed by atoms with Gasteiger partial charge < -0.3 is 9.64 Å². The van der Waals surface area contributed by atoms with Gasteiger partial charge in [-0.05, 0) is 37.0 Å². The fourth-order valence-corrected chi connectivity index (χ4v) is 3.18. The van der Waals surface area contributed by atoms with Crippen LogP contribution < -0.4 is 4.74 Å². The molecule has 0 aliphatic carbocycles. The van der Waals surface area contributed by atoms with Gasteiger partial charge in [0.1, 0.15) is 11.9 Å². The molecule has 0 spiro atoms. The van der Waals surface area contributed by atoms with Gasteiger partial charge in [-0.3, -0.25) is 4.79 Å². The van der Waals surface area contributed by atoms with Crippen LogP contribution in [-0.4, -0.2) is 40.0 Å². The quantitative estimate of drug-likeness (QED) is 0.766. The molecule has 1 aliphatic rings. The lowest BCUT2D eigenvalue weighted by molar-refractivity contribution is -0.133. The van der Waals surface area contributed by atoms with Crippen molar-refractivity contribution in [3.05, 3.63) is 52.0 Å². The second kappa shape index (κ2) is 8.64. The van der Waals surface area contributed by atoms with Crippen molar-refractivity contribution in [3.63, 3.8) is 0 Å². The van der Waals surface area contributed by atoms with Gasteiger partial charge >= 0.3 is 6.01 Å². The summed E-state index contributed by atoms with van der Waals surface area (Å²) in [6.45, 7) is 1.19. The highest BCUT2D eigenvalue weighted by Gasteiger charge is 2.25. The van der Waals surface area contributed by atoms with Crippen molar-refractivity contribution in [3.8, 4) is 6.01 Å². The summed E-state index contributed by atoms with van der Waals surface area (Å²) in [6.07, 6.45) is 5.35. The molecule has 138 valence electrons. The minimum Gasteiger partial charge on any atom is -0.458 e. The number of amides is 1. The van der Waals surface area contributed by atoms with Crippen molar-refractivity contribution in [1.82, 2.24) is 14.9 Å². The zero-order valence-corrected chi connectivity index (χ0v) is 15.5. The normalized spacial score (nSPS) is 17.2. The van der Waals surface area contributed by atoms with E-state index in [1.54, 1.807) is 17.0 Å². The summed E-state index contributed by atoms with van der Waals surface area (Å²) in [5, 5.41) is 0.517. The molecule has 5 nitrogen and oxygen atoms in total. The van der Waals surface area contributed by atoms with Crippen LogP contribution in [-0.2, 0) is 11.2 Å². The number of nitrogens with zero attached hydrogens (tertiary/aromatic N) is 3. The topological polar surface area (TPSA) is 55.3 Å². The monoisotopic (exact) mass is 397 g/mol. The molecule has 26 heavy (non-hydrogen) atoms. The third kappa shape index (κ3) is 5.05. The van der Waals surface area contributed by atoms with Crippen molar-refractivity contribution in [2.24, 2.45) is 0 Å². The van der Waals surface area contributed by atoms with Gasteiger partial charge in [0.15, 0.2) is 0 Å². The van der Waals surface area contributed by atoms with Gasteiger partial charge in [0.25, 0.3) is 0 Å². The Bertz CT molecular complexity index is 774. The van der Waals surface area contributed by atoms with E-state index in [2.05, 4.69) is 9.97 Å². The first-order chi connectivity index (χ1) is 12.5. The highest BCUT2D eigenvalue weighted by Crippen LogP contribution is 2.19. The Labute approximate surface area is 161 Å². The molecule has 1 saturated heterocycles. The molecule has 2 aromatic rings. The summed E-state index contributed by atoms with van der Waals surface area (Å²) in [5.74, 6) is -0.419. The molecule has 8 heteroatoms. The molecule has 1 fully saturated rings. The lowest BCUT2D eigenvalue weighted by Crippen LogP contribution is -2.44. The molecule has 1 amide bonds. The van der Waals surface area contributed by atoms with Crippen LogP contribution in [0.25, 0.3) is 0 Å². The Morgan fingerprint density at radius 2 is 2.08 bits per heavy atom. The second-order valence-corrected chi connectivity index (χ2v) is 7.00. The molecule has 1 aromatic heterocycles. The molecular weight excluding hydrogens is 380 g/mol. The zero-order valence-electron chi connectivity index (χ0n) is 14.0. The summed E-state index contributed by atoms with van der Waals surface area (Å²) in [4.78, 5) is 22.3. The van der Waals surface area contributed by atoms with E-state index in [9.17, 15) is 9.18 Å². The molecule has 0 N–H and O–H groups in total. The molecule has 1 atom stereocenters. The van der Waals surface area contributed by atoms with Crippen molar-refractivity contribution in [1.29, 1.82) is 0 Å². The maximum atomic E-state index is 13.2. The smallest absolute Gasteiger partial charge is 0.316 e. The summed E-state index contributed by atoms with van der Waals surface area (Å²) in [7, 11) is 0. The molecule has 0 saturated carbocycles. The highest BCUT2D eigenvalue weighted by atomic mass is 35.5. The van der Waals surface area contributed by atoms with Crippen molar-refractivity contribution in [2.75, 3.05) is 13.1 Å². The third-order valence-corrected chi connectivity index (χ3v) is 4.70. The van der Waals surface area contributed by atoms with E-state index in [4.69, 9.17) is 27.9 Å². The second-order valence-electron chi connectivity index (χ2n) is 6.15. The number of ether oxygens (including phenoxy) is 1. The van der Waals surface area contributed by atoms with Crippen molar-refractivity contribution >= 4 is 29.1 Å². The van der Waals surface area contributed by atoms with Gasteiger partial charge in [0.05, 0.1) is 29.0 Å². The third-order valence-electron chi connectivity index (χ3n) is 4.21. The summed E-state index contributed by atoms with van der Waals surface area (Å²) in [5.41, 5.74) is 0.837. The summed E-state index contributed by atoms with van der Waals surface area (Å²) >= 11 is 11.5. The van der Waals surface area contributed by atoms with Gasteiger partial charge in [-0.1, -0.05) is 29.3 Å². The van der Waals surface area contributed by atoms with Crippen LogP contribution in [0.15, 0.2) is 30.6 Å². The number of hydrogen-bond donors (Lipinski definition) is 0. The Morgan fingerprint density at radius 1 is 1.31 bits per heavy atom. The van der Waals surface area contributed by atoms with Crippen LogP contribution in [0.4, 0.5) is 4.39 Å². The largest absolute Gasteiger partial charge is 0.458 e. The Morgan fingerprint density at radius 3 is 2.81 bits per heavy atom. The fraction of sp³-hybridized carbons (Fsp3) is 0.389. The maximum absolute atomic E-state index is 13.2. The lowest BCUT2D eigenvalue weighted by Gasteiger charge is -2.32. The highest BCUT2D eigenvalue weighted by molar-refractivity contribution is 6.30. The van der Waals surface area contributed by atoms with E-state index >= 15 is 0 Å². The molecule has 1 aliphatic heterocycles. The Kier molecular flexibility index (Phi) is 6.27. The van der Waals surface area contributed by atoms with E-state index in [-0.39, 0.29) is 23.0 Å². The van der Waals surface area contributed by atoms with E-state index in [0.717, 1.165) is 18.4 Å². The van der Waals surface area contributed by atoms with Gasteiger partial charge in [-0.2, -0.15) is 0 Å². The predicted octanol–water partition coefficient (Wildman–Crippen LogP) is 3.93. The number of benzene rings is 1. The van der Waals surface area contributed by atoms with E-state index in [1.807, 2.05) is 0 Å². The van der Waals surface area contributed by atoms with E-state index in [1.165, 1.54) is 18.5 Å². The summed E-state index contributed by atoms with van der Waals surface area (Å²) in [6, 6.07) is 4.78. The standard InChI is InChI=1S/C18H18Cl2FN3O2/c19-13-9-22-18(23-10-13)26-14-2-1-7-24(11-14)17(25)6-4-12-3-5-16(21)15(20)8-12/h3,5,8-10,14H,1-2,4,6-7,11H2. The molecule has 2 heterocycles. The summed E-state index contributed by atoms with van der Waals surface area (Å²) < 4.78 is 18.9. The van der Waals surface area contributed by atoms with Gasteiger partial charge in [0.2, 0.25) is 5.91 Å². The first-order valence-electron chi connectivity index (χ1n) is 8.37. The zero-order chi connectivity index (χ0) is 18.5. The SMILES string of the molecule is O=C(CCc1ccc(F)c(Cl)c1)N1CCCC(Oc2ncc(Cl)cn2)C1. The number of halogens is 3. The molecule has 0 radical (unpaired) electrons. The van der Waals surface area contributed by atoms with Crippen LogP contribution in [0.1, 0.15) is 24.8 Å². The first kappa shape index (κ1) is 18.9. The maximum Gasteiger partial charge on any atom is 0.316 e. The number of aryl methyl sites for hydroxylation is 1. The molecule has 3 rings (SSSR count). The van der Waals surface area contributed by atoms with Crippen LogP contribution in [0.2, 0.25) is 10.0 Å². The Hall–Kier alpha value is -1.92. The van der Waals surface area contributed by atoms with E-state index in [0.29, 0.717) is 31.0 Å². The average molecular weight is 398 g/mol. The number of likely N-dealkylation sites (tertiary alicyclic amines) is 1. The fourth-order valence-electron chi connectivity index (χ4n) is 2.88. The van der Waals surface area contributed by atoms with Crippen molar-refractivity contribution < 1.29 is 13.9 Å². The van der Waals surface area contributed by atoms with Crippen LogP contribution in [0.3, 0.4) is 0 Å². The molecular formula is C18H18Cl2FN3O2. The number of hydrogen-bond acceptors (Lipinski definition) is 4. The van der Waals surface area contributed by atoms with Gasteiger partial charge in [-0.25, -0.2) is 14.4 Å². The van der Waals surface area contributed by atoms with Gasteiger partial charge in [-0.15, -0.1) is 0 Å². The number of aromatic nitrogens is 2. The number of carbonyl (C=O) groups is 1. The van der Waals surface area contributed by atoms with E-state index < -0.39 is 5.82 Å². The number of carbonyl (C=O) groups excluding carboxylic acids is 1. The first-order valence-corrected chi connectivity index (χ1v) is 9.13. The van der Waals surface area contributed by atoms with Gasteiger partial charge in [0, 0.05) is 13.0 Å². The van der Waals surface area contributed by atoms with Crippen LogP contribution >= 0.6 is 23.2 Å². The Balaban J connectivity index is 1.52. The minimum atomic E-state index is -0.456. The predicted molar refractivity (Wildman–Crippen MR) is 97.0 cm³/mol. The van der Waals surface area contributed by atoms with Crippen molar-refractivity contribution in [2.45, 2.75) is 31.8 Å². The number of rotatable bonds is 5. The van der Waals surface area contributed by atoms with Crippen LogP contribution in [0.5, 0.6) is 6.01 Å². The minimum absolute atomic E-state index is 0.0378.